The molecule has 0 aliphatic carbocycles. The molecular formula is C24H24N2O2S. The Labute approximate surface area is 176 Å². The Hall–Kier alpha value is -3.05. The first-order valence-electron chi connectivity index (χ1n) is 9.60. The molecule has 0 aliphatic heterocycles. The molecule has 29 heavy (non-hydrogen) atoms. The highest BCUT2D eigenvalue weighted by molar-refractivity contribution is 7.99. The van der Waals surface area contributed by atoms with Gasteiger partial charge in [0.15, 0.2) is 6.61 Å². The number of aryl methyl sites for hydroxylation is 1. The highest BCUT2D eigenvalue weighted by Gasteiger charge is 2.04. The molecule has 1 amide bonds. The molecule has 3 aromatic carbocycles. The number of hydrogen-bond donors (Lipinski definition) is 1. The lowest BCUT2D eigenvalue weighted by Gasteiger charge is -2.07. The molecule has 0 fully saturated rings. The number of amides is 1. The third kappa shape index (κ3) is 6.80. The van der Waals surface area contributed by atoms with E-state index in [2.05, 4.69) is 29.6 Å². The third-order valence-corrected chi connectivity index (χ3v) is 5.21. The van der Waals surface area contributed by atoms with Gasteiger partial charge < -0.3 is 4.74 Å². The van der Waals surface area contributed by atoms with E-state index in [1.165, 1.54) is 5.56 Å². The van der Waals surface area contributed by atoms with E-state index >= 15 is 0 Å². The lowest BCUT2D eigenvalue weighted by Crippen LogP contribution is -2.24. The van der Waals surface area contributed by atoms with E-state index in [1.807, 2.05) is 66.7 Å². The molecule has 4 nitrogen and oxygen atoms in total. The molecule has 0 bridgehead atoms. The van der Waals surface area contributed by atoms with Gasteiger partial charge in [-0.2, -0.15) is 5.10 Å². The van der Waals surface area contributed by atoms with Crippen molar-refractivity contribution in [3.8, 4) is 5.75 Å². The summed E-state index contributed by atoms with van der Waals surface area (Å²) in [6.07, 6.45) is 3.80. The first-order valence-corrected chi connectivity index (χ1v) is 10.4. The molecule has 1 N–H and O–H groups in total. The molecule has 0 heterocycles. The minimum absolute atomic E-state index is 0.0785. The summed E-state index contributed by atoms with van der Waals surface area (Å²) >= 11 is 1.66. The maximum atomic E-state index is 12.0. The summed E-state index contributed by atoms with van der Waals surface area (Å²) in [7, 11) is 0. The van der Waals surface area contributed by atoms with Gasteiger partial charge in [0.05, 0.1) is 6.21 Å². The van der Waals surface area contributed by atoms with Crippen molar-refractivity contribution in [1.82, 2.24) is 5.43 Å². The minimum Gasteiger partial charge on any atom is -0.484 e. The largest absolute Gasteiger partial charge is 0.484 e. The van der Waals surface area contributed by atoms with Crippen LogP contribution in [0.15, 0.2) is 93.8 Å². The highest BCUT2D eigenvalue weighted by atomic mass is 32.2. The first-order chi connectivity index (χ1) is 14.2. The number of nitrogens with zero attached hydrogens (tertiary/aromatic N) is 1. The van der Waals surface area contributed by atoms with Gasteiger partial charge in [0, 0.05) is 15.4 Å². The van der Waals surface area contributed by atoms with Crippen LogP contribution in [0.25, 0.3) is 0 Å². The van der Waals surface area contributed by atoms with Crippen LogP contribution >= 0.6 is 11.8 Å². The van der Waals surface area contributed by atoms with Crippen molar-refractivity contribution in [2.24, 2.45) is 5.10 Å². The molecule has 0 aliphatic rings. The fourth-order valence-electron chi connectivity index (χ4n) is 2.69. The van der Waals surface area contributed by atoms with Crippen molar-refractivity contribution in [3.63, 3.8) is 0 Å². The van der Waals surface area contributed by atoms with E-state index in [0.29, 0.717) is 5.75 Å². The smallest absolute Gasteiger partial charge is 0.277 e. The molecule has 5 heteroatoms. The van der Waals surface area contributed by atoms with E-state index in [4.69, 9.17) is 4.74 Å². The monoisotopic (exact) mass is 404 g/mol. The van der Waals surface area contributed by atoms with Crippen molar-refractivity contribution in [2.45, 2.75) is 29.6 Å². The Balaban J connectivity index is 1.51. The first kappa shape index (κ1) is 20.7. The van der Waals surface area contributed by atoms with Gasteiger partial charge in [0.1, 0.15) is 5.75 Å². The summed E-state index contributed by atoms with van der Waals surface area (Å²) in [6, 6.07) is 25.9. The van der Waals surface area contributed by atoms with Crippen molar-refractivity contribution < 1.29 is 9.53 Å². The summed E-state index contributed by atoms with van der Waals surface area (Å²) in [5.41, 5.74) is 4.72. The fraction of sp³-hybridized carbons (Fsp3) is 0.167. The van der Waals surface area contributed by atoms with Crippen molar-refractivity contribution in [3.05, 3.63) is 90.0 Å². The Morgan fingerprint density at radius 3 is 2.48 bits per heavy atom. The number of carbonyl (C=O) groups excluding carboxylic acids is 1. The van der Waals surface area contributed by atoms with Crippen LogP contribution in [0.1, 0.15) is 24.5 Å². The molecule has 0 unspecified atom stereocenters. The van der Waals surface area contributed by atoms with Gasteiger partial charge in [0.25, 0.3) is 5.91 Å². The summed E-state index contributed by atoms with van der Waals surface area (Å²) < 4.78 is 5.52. The Bertz CT molecular complexity index is 941. The summed E-state index contributed by atoms with van der Waals surface area (Å²) in [4.78, 5) is 14.2. The van der Waals surface area contributed by atoms with E-state index in [0.717, 1.165) is 28.2 Å². The topological polar surface area (TPSA) is 50.7 Å². The van der Waals surface area contributed by atoms with Crippen LogP contribution in [0.2, 0.25) is 0 Å². The molecule has 3 rings (SSSR count). The van der Waals surface area contributed by atoms with Crippen LogP contribution in [0, 0.1) is 0 Å². The SMILES string of the molecule is CCCc1ccc(OCC(=O)N/N=C\c2ccccc2Sc2ccccc2)cc1. The van der Waals surface area contributed by atoms with Crippen molar-refractivity contribution in [1.29, 1.82) is 0 Å². The Morgan fingerprint density at radius 2 is 1.72 bits per heavy atom. The second kappa shape index (κ2) is 11.1. The molecule has 3 aromatic rings. The molecule has 0 aromatic heterocycles. The minimum atomic E-state index is -0.299. The molecule has 148 valence electrons. The van der Waals surface area contributed by atoms with Crippen molar-refractivity contribution in [2.75, 3.05) is 6.61 Å². The molecule has 0 saturated carbocycles. The molecule has 0 radical (unpaired) electrons. The summed E-state index contributed by atoms with van der Waals surface area (Å²) in [6.45, 7) is 2.07. The fourth-order valence-corrected chi connectivity index (χ4v) is 3.62. The number of nitrogens with one attached hydrogen (secondary N) is 1. The average Bonchev–Trinajstić information content (AvgIpc) is 2.75. The van der Waals surface area contributed by atoms with E-state index in [-0.39, 0.29) is 12.5 Å². The zero-order valence-electron chi connectivity index (χ0n) is 16.4. The van der Waals surface area contributed by atoms with Crippen LogP contribution in [-0.2, 0) is 11.2 Å². The molecule has 0 saturated heterocycles. The van der Waals surface area contributed by atoms with Crippen LogP contribution in [-0.4, -0.2) is 18.7 Å². The second-order valence-corrected chi connectivity index (χ2v) is 7.54. The molecule has 0 atom stereocenters. The maximum Gasteiger partial charge on any atom is 0.277 e. The van der Waals surface area contributed by atoms with Crippen LogP contribution in [0.3, 0.4) is 0 Å². The van der Waals surface area contributed by atoms with Gasteiger partial charge in [-0.1, -0.05) is 73.6 Å². The van der Waals surface area contributed by atoms with Gasteiger partial charge in [-0.15, -0.1) is 0 Å². The number of hydrogen-bond acceptors (Lipinski definition) is 4. The van der Waals surface area contributed by atoms with Crippen LogP contribution in [0.4, 0.5) is 0 Å². The zero-order chi connectivity index (χ0) is 20.3. The molecular weight excluding hydrogens is 380 g/mol. The highest BCUT2D eigenvalue weighted by Crippen LogP contribution is 2.29. The van der Waals surface area contributed by atoms with Crippen LogP contribution < -0.4 is 10.2 Å². The van der Waals surface area contributed by atoms with Gasteiger partial charge in [-0.05, 0) is 42.3 Å². The third-order valence-electron chi connectivity index (χ3n) is 4.11. The van der Waals surface area contributed by atoms with Gasteiger partial charge in [-0.25, -0.2) is 5.43 Å². The van der Waals surface area contributed by atoms with Gasteiger partial charge in [0.2, 0.25) is 0 Å². The van der Waals surface area contributed by atoms with Gasteiger partial charge in [-0.3, -0.25) is 4.79 Å². The predicted octanol–water partition coefficient (Wildman–Crippen LogP) is 5.32. The molecule has 0 spiro atoms. The number of ether oxygens (including phenoxy) is 1. The Morgan fingerprint density at radius 1 is 1.00 bits per heavy atom. The van der Waals surface area contributed by atoms with Crippen molar-refractivity contribution >= 4 is 23.9 Å². The van der Waals surface area contributed by atoms with Crippen LogP contribution in [0.5, 0.6) is 5.75 Å². The summed E-state index contributed by atoms with van der Waals surface area (Å²) in [5, 5.41) is 4.08. The van der Waals surface area contributed by atoms with E-state index in [1.54, 1.807) is 18.0 Å². The Kier molecular flexibility index (Phi) is 7.90. The van der Waals surface area contributed by atoms with E-state index in [9.17, 15) is 4.79 Å². The normalized spacial score (nSPS) is 10.8. The average molecular weight is 405 g/mol. The maximum absolute atomic E-state index is 12.0. The number of carbonyl (C=O) groups is 1. The summed E-state index contributed by atoms with van der Waals surface area (Å²) in [5.74, 6) is 0.376. The quantitative estimate of drug-likeness (QED) is 0.388. The van der Waals surface area contributed by atoms with E-state index < -0.39 is 0 Å². The zero-order valence-corrected chi connectivity index (χ0v) is 17.2. The predicted molar refractivity (Wildman–Crippen MR) is 119 cm³/mol. The number of benzene rings is 3. The lowest BCUT2D eigenvalue weighted by molar-refractivity contribution is -0.123. The number of hydrazone groups is 1. The standard InChI is InChI=1S/C24H24N2O2S/c1-2-8-19-13-15-21(16-14-19)28-18-24(27)26-25-17-20-9-6-7-12-23(20)29-22-10-4-3-5-11-22/h3-7,9-17H,2,8,18H2,1H3,(H,26,27)/b25-17-. The lowest BCUT2D eigenvalue weighted by atomic mass is 10.1. The number of rotatable bonds is 9. The van der Waals surface area contributed by atoms with Gasteiger partial charge >= 0.3 is 0 Å². The second-order valence-electron chi connectivity index (χ2n) is 6.43.